The SMILES string of the molecule is CC/C=C\C/C=C\C/C=C\CCCCCCCCCC(=O)OCC(COC1OC(C(=O)O)C(O)C(O)C1OC(=O)CCCCCCCCC/C=C\C/C=C\C/C=C\CC)OC(=O)CCCCCCCCC/C=C\CCCCCCCC. The van der Waals surface area contributed by atoms with Crippen LogP contribution in [0.3, 0.4) is 0 Å². The van der Waals surface area contributed by atoms with Crippen LogP contribution >= 0.6 is 0 Å². The number of allylic oxidation sites excluding steroid dienone is 14. The van der Waals surface area contributed by atoms with Gasteiger partial charge in [-0.1, -0.05) is 234 Å². The van der Waals surface area contributed by atoms with Gasteiger partial charge in [-0.05, 0) is 109 Å². The molecule has 0 amide bonds. The van der Waals surface area contributed by atoms with Crippen LogP contribution in [0.5, 0.6) is 0 Å². The average Bonchev–Trinajstić information content (AvgIpc) is 3.53. The van der Waals surface area contributed by atoms with E-state index in [1.165, 1.54) is 64.2 Å². The number of rotatable bonds is 55. The summed E-state index contributed by atoms with van der Waals surface area (Å²) >= 11 is 0. The Morgan fingerprint density at radius 3 is 1.20 bits per heavy atom. The fourth-order valence-corrected chi connectivity index (χ4v) is 9.51. The molecule has 0 spiro atoms. The summed E-state index contributed by atoms with van der Waals surface area (Å²) in [5.74, 6) is -3.14. The lowest BCUT2D eigenvalue weighted by Crippen LogP contribution is -2.61. The molecule has 0 saturated carbocycles. The number of ether oxygens (including phenoxy) is 5. The molecule has 3 N–H and O–H groups in total. The summed E-state index contributed by atoms with van der Waals surface area (Å²) in [5.41, 5.74) is 0. The lowest BCUT2D eigenvalue weighted by Gasteiger charge is -2.40. The normalized spacial score (nSPS) is 18.3. The van der Waals surface area contributed by atoms with Gasteiger partial charge in [-0.3, -0.25) is 14.4 Å². The summed E-state index contributed by atoms with van der Waals surface area (Å²) < 4.78 is 28.5. The third-order valence-corrected chi connectivity index (χ3v) is 14.4. The number of aliphatic hydroxyl groups excluding tert-OH is 2. The van der Waals surface area contributed by atoms with Crippen molar-refractivity contribution in [3.63, 3.8) is 0 Å². The highest BCUT2D eigenvalue weighted by Crippen LogP contribution is 2.27. The van der Waals surface area contributed by atoms with Gasteiger partial charge in [0.05, 0.1) is 6.61 Å². The number of unbranched alkanes of at least 4 members (excludes halogenated alkanes) is 27. The fraction of sp³-hybridized carbons (Fsp3) is 0.739. The lowest BCUT2D eigenvalue weighted by atomic mass is 9.98. The number of carboxylic acids is 1. The number of esters is 3. The van der Waals surface area contributed by atoms with Gasteiger partial charge in [0.15, 0.2) is 24.6 Å². The highest BCUT2D eigenvalue weighted by atomic mass is 16.7. The Balaban J connectivity index is 2.67. The van der Waals surface area contributed by atoms with Crippen molar-refractivity contribution >= 4 is 23.9 Å². The second-order valence-electron chi connectivity index (χ2n) is 22.0. The van der Waals surface area contributed by atoms with Crippen LogP contribution in [0.1, 0.15) is 278 Å². The van der Waals surface area contributed by atoms with E-state index in [1.807, 2.05) is 0 Å². The summed E-state index contributed by atoms with van der Waals surface area (Å²) in [6, 6.07) is 0. The molecular formula is C69H116O12. The van der Waals surface area contributed by atoms with Gasteiger partial charge in [-0.25, -0.2) is 4.79 Å². The minimum atomic E-state index is -1.91. The first-order valence-electron chi connectivity index (χ1n) is 32.6. The Bertz CT molecular complexity index is 1730. The predicted octanol–water partition coefficient (Wildman–Crippen LogP) is 17.5. The average molecular weight is 1140 g/mol. The van der Waals surface area contributed by atoms with E-state index in [9.17, 15) is 34.5 Å². The van der Waals surface area contributed by atoms with Crippen molar-refractivity contribution in [3.05, 3.63) is 85.1 Å². The van der Waals surface area contributed by atoms with Crippen LogP contribution in [0.4, 0.5) is 0 Å². The number of aliphatic carboxylic acids is 1. The summed E-state index contributed by atoms with van der Waals surface area (Å²) in [7, 11) is 0. The minimum absolute atomic E-state index is 0.0456. The van der Waals surface area contributed by atoms with E-state index in [4.69, 9.17) is 23.7 Å². The zero-order valence-electron chi connectivity index (χ0n) is 51.3. The van der Waals surface area contributed by atoms with E-state index in [0.717, 1.165) is 154 Å². The van der Waals surface area contributed by atoms with Crippen LogP contribution in [0.15, 0.2) is 85.1 Å². The van der Waals surface area contributed by atoms with Crippen LogP contribution < -0.4 is 0 Å². The highest BCUT2D eigenvalue weighted by molar-refractivity contribution is 5.74. The Morgan fingerprint density at radius 1 is 0.420 bits per heavy atom. The second kappa shape index (κ2) is 56.4. The number of aliphatic hydroxyl groups is 2. The first-order valence-corrected chi connectivity index (χ1v) is 32.6. The molecule has 0 bridgehead atoms. The van der Waals surface area contributed by atoms with Gasteiger partial charge in [-0.15, -0.1) is 0 Å². The molecule has 0 radical (unpaired) electrons. The third-order valence-electron chi connectivity index (χ3n) is 14.4. The predicted molar refractivity (Wildman–Crippen MR) is 331 cm³/mol. The summed E-state index contributed by atoms with van der Waals surface area (Å²) in [6.45, 7) is 5.78. The molecule has 12 nitrogen and oxygen atoms in total. The summed E-state index contributed by atoms with van der Waals surface area (Å²) in [6.07, 6.45) is 61.0. The van der Waals surface area contributed by atoms with Crippen LogP contribution in [0.2, 0.25) is 0 Å². The first-order chi connectivity index (χ1) is 39.6. The van der Waals surface area contributed by atoms with E-state index < -0.39 is 67.3 Å². The minimum Gasteiger partial charge on any atom is -0.479 e. The maximum atomic E-state index is 13.2. The number of carbonyl (C=O) groups is 4. The molecule has 0 aromatic rings. The van der Waals surface area contributed by atoms with Crippen LogP contribution in [-0.4, -0.2) is 89.2 Å². The van der Waals surface area contributed by atoms with Crippen molar-refractivity contribution in [2.45, 2.75) is 314 Å². The second-order valence-corrected chi connectivity index (χ2v) is 22.0. The molecule has 1 fully saturated rings. The van der Waals surface area contributed by atoms with Crippen molar-refractivity contribution in [2.75, 3.05) is 13.2 Å². The number of carboxylic acid groups (broad SMARTS) is 1. The quantitative estimate of drug-likeness (QED) is 0.0228. The molecule has 6 unspecified atom stereocenters. The molecule has 1 saturated heterocycles. The highest BCUT2D eigenvalue weighted by Gasteiger charge is 2.50. The van der Waals surface area contributed by atoms with Gasteiger partial charge in [-0.2, -0.15) is 0 Å². The Hall–Kier alpha value is -4.10. The molecular weight excluding hydrogens is 1020 g/mol. The number of hydrogen-bond donors (Lipinski definition) is 3. The van der Waals surface area contributed by atoms with E-state index in [0.29, 0.717) is 19.3 Å². The third kappa shape index (κ3) is 46.0. The van der Waals surface area contributed by atoms with Crippen LogP contribution in [0, 0.1) is 0 Å². The van der Waals surface area contributed by atoms with Gasteiger partial charge in [0.25, 0.3) is 0 Å². The fourth-order valence-electron chi connectivity index (χ4n) is 9.51. The zero-order chi connectivity index (χ0) is 58.9. The monoisotopic (exact) mass is 1140 g/mol. The van der Waals surface area contributed by atoms with Gasteiger partial charge in [0.1, 0.15) is 18.8 Å². The van der Waals surface area contributed by atoms with Gasteiger partial charge < -0.3 is 39.0 Å². The van der Waals surface area contributed by atoms with Crippen LogP contribution in [0.25, 0.3) is 0 Å². The molecule has 6 atom stereocenters. The van der Waals surface area contributed by atoms with Gasteiger partial charge in [0, 0.05) is 19.3 Å². The lowest BCUT2D eigenvalue weighted by molar-refractivity contribution is -0.301. The van der Waals surface area contributed by atoms with Gasteiger partial charge in [0.2, 0.25) is 0 Å². The number of hydrogen-bond acceptors (Lipinski definition) is 11. The molecule has 464 valence electrons. The van der Waals surface area contributed by atoms with Crippen molar-refractivity contribution in [2.24, 2.45) is 0 Å². The molecule has 1 aliphatic heterocycles. The molecule has 1 aliphatic rings. The largest absolute Gasteiger partial charge is 0.479 e. The molecule has 81 heavy (non-hydrogen) atoms. The maximum Gasteiger partial charge on any atom is 0.335 e. The topological polar surface area (TPSA) is 175 Å². The van der Waals surface area contributed by atoms with Crippen molar-refractivity contribution < 1.29 is 58.2 Å². The Morgan fingerprint density at radius 2 is 0.778 bits per heavy atom. The van der Waals surface area contributed by atoms with Crippen molar-refractivity contribution in [1.82, 2.24) is 0 Å². The molecule has 12 heteroatoms. The van der Waals surface area contributed by atoms with E-state index in [2.05, 4.69) is 106 Å². The standard InChI is InChI=1S/C69H116O12/c1-4-7-10-13-16-19-22-25-28-31-34-37-40-43-46-49-52-55-61(70)77-58-60(79-62(71)56-53-50-47-44-41-38-35-32-29-26-23-20-17-14-11-8-5-2)59-78-69-67(65(74)64(73)66(81-69)68(75)76)80-63(72)57-54-51-48-45-42-39-36-33-30-27-24-21-18-15-12-9-6-3/h7,9-10,12,16,18-19,21,25-30,60,64-67,69,73-74H,4-6,8,11,13-15,17,20,22-24,31-59H2,1-3H3,(H,75,76)/b10-7-,12-9-,19-16-,21-18-,28-25-,29-26-,30-27-. The molecule has 1 heterocycles. The Kier molecular flexibility index (Phi) is 52.1. The smallest absolute Gasteiger partial charge is 0.335 e. The van der Waals surface area contributed by atoms with Gasteiger partial charge >= 0.3 is 23.9 Å². The van der Waals surface area contributed by atoms with E-state index in [1.54, 1.807) is 0 Å². The summed E-state index contributed by atoms with van der Waals surface area (Å²) in [5, 5.41) is 31.6. The summed E-state index contributed by atoms with van der Waals surface area (Å²) in [4.78, 5) is 51.4. The van der Waals surface area contributed by atoms with E-state index >= 15 is 0 Å². The van der Waals surface area contributed by atoms with Crippen molar-refractivity contribution in [3.8, 4) is 0 Å². The molecule has 0 aliphatic carbocycles. The van der Waals surface area contributed by atoms with Crippen molar-refractivity contribution in [1.29, 1.82) is 0 Å². The number of carbonyl (C=O) groups excluding carboxylic acids is 3. The molecule has 1 rings (SSSR count). The first kappa shape index (κ1) is 74.9. The van der Waals surface area contributed by atoms with Crippen LogP contribution in [-0.2, 0) is 42.9 Å². The molecule has 0 aromatic heterocycles. The zero-order valence-corrected chi connectivity index (χ0v) is 51.3. The van der Waals surface area contributed by atoms with E-state index in [-0.39, 0.29) is 25.9 Å². The Labute approximate surface area is 492 Å². The molecule has 0 aromatic carbocycles. The maximum absolute atomic E-state index is 13.2.